The van der Waals surface area contributed by atoms with E-state index in [-0.39, 0.29) is 6.04 Å². The molecule has 0 radical (unpaired) electrons. The highest BCUT2D eigenvalue weighted by atomic mass is 32.2. The number of pyridine rings is 1. The lowest BCUT2D eigenvalue weighted by atomic mass is 10.2. The molecule has 0 unspecified atom stereocenters. The molecule has 1 aromatic carbocycles. The third-order valence-electron chi connectivity index (χ3n) is 2.92. The summed E-state index contributed by atoms with van der Waals surface area (Å²) in [6, 6.07) is 13.5. The average molecular weight is 298 g/mol. The van der Waals surface area contributed by atoms with Crippen molar-refractivity contribution in [2.75, 3.05) is 0 Å². The van der Waals surface area contributed by atoms with E-state index < -0.39 is 0 Å². The van der Waals surface area contributed by atoms with E-state index in [1.165, 1.54) is 11.8 Å². The van der Waals surface area contributed by atoms with Gasteiger partial charge < -0.3 is 5.73 Å². The molecule has 0 bridgehead atoms. The van der Waals surface area contributed by atoms with Crippen molar-refractivity contribution in [1.29, 1.82) is 0 Å². The summed E-state index contributed by atoms with van der Waals surface area (Å²) in [6.45, 7) is 1.93. The van der Waals surface area contributed by atoms with Gasteiger partial charge in [-0.05, 0) is 47.3 Å². The molecule has 0 fully saturated rings. The summed E-state index contributed by atoms with van der Waals surface area (Å²) in [6.07, 6.45) is 1.74. The first-order chi connectivity index (χ1) is 10.3. The number of aromatic nitrogens is 5. The van der Waals surface area contributed by atoms with Crippen molar-refractivity contribution in [3.05, 3.63) is 54.2 Å². The molecule has 0 amide bonds. The number of para-hydroxylation sites is 1. The lowest BCUT2D eigenvalue weighted by molar-refractivity contribution is 0.752. The van der Waals surface area contributed by atoms with Crippen LogP contribution in [0.4, 0.5) is 0 Å². The maximum atomic E-state index is 5.98. The second kappa shape index (κ2) is 6.02. The Morgan fingerprint density at radius 3 is 2.71 bits per heavy atom. The highest BCUT2D eigenvalue weighted by Crippen LogP contribution is 2.30. The van der Waals surface area contributed by atoms with Crippen LogP contribution in [-0.4, -0.2) is 25.2 Å². The number of tetrazole rings is 1. The number of benzene rings is 1. The van der Waals surface area contributed by atoms with Gasteiger partial charge in [-0.2, -0.15) is 4.68 Å². The second-order valence-corrected chi connectivity index (χ2v) is 5.45. The van der Waals surface area contributed by atoms with Crippen LogP contribution in [0, 0.1) is 0 Å². The standard InChI is InChI=1S/C14H14N6S/c1-10(15)12-8-5-9-16-13(12)21-14-17-18-19-20(14)11-6-3-2-4-7-11/h2-10H,15H2,1H3/t10-/m0/s1. The van der Waals surface area contributed by atoms with E-state index in [4.69, 9.17) is 5.73 Å². The zero-order valence-electron chi connectivity index (χ0n) is 11.4. The molecule has 0 saturated heterocycles. The van der Waals surface area contributed by atoms with Crippen LogP contribution < -0.4 is 5.73 Å². The van der Waals surface area contributed by atoms with Gasteiger partial charge in [0.2, 0.25) is 5.16 Å². The zero-order valence-corrected chi connectivity index (χ0v) is 12.2. The van der Waals surface area contributed by atoms with Gasteiger partial charge in [0.25, 0.3) is 0 Å². The molecular formula is C14H14N6S. The van der Waals surface area contributed by atoms with E-state index in [1.807, 2.05) is 49.4 Å². The molecule has 0 aliphatic rings. The molecule has 0 aliphatic carbocycles. The van der Waals surface area contributed by atoms with Gasteiger partial charge in [-0.1, -0.05) is 24.3 Å². The highest BCUT2D eigenvalue weighted by molar-refractivity contribution is 7.99. The van der Waals surface area contributed by atoms with Crippen LogP contribution in [-0.2, 0) is 0 Å². The summed E-state index contributed by atoms with van der Waals surface area (Å²) in [5.74, 6) is 0. The first kappa shape index (κ1) is 13.7. The van der Waals surface area contributed by atoms with E-state index in [1.54, 1.807) is 10.9 Å². The number of hydrogen-bond acceptors (Lipinski definition) is 6. The van der Waals surface area contributed by atoms with Crippen LogP contribution in [0.1, 0.15) is 18.5 Å². The van der Waals surface area contributed by atoms with Gasteiger partial charge in [0, 0.05) is 17.8 Å². The monoisotopic (exact) mass is 298 g/mol. The molecule has 3 aromatic rings. The summed E-state index contributed by atoms with van der Waals surface area (Å²) in [7, 11) is 0. The molecule has 106 valence electrons. The Balaban J connectivity index is 1.96. The molecule has 0 saturated carbocycles. The molecule has 0 aliphatic heterocycles. The Bertz CT molecular complexity index is 725. The average Bonchev–Trinajstić information content (AvgIpc) is 2.96. The normalized spacial score (nSPS) is 12.3. The van der Waals surface area contributed by atoms with Crippen LogP contribution >= 0.6 is 11.8 Å². The fourth-order valence-electron chi connectivity index (χ4n) is 1.90. The topological polar surface area (TPSA) is 82.5 Å². The van der Waals surface area contributed by atoms with Crippen LogP contribution in [0.3, 0.4) is 0 Å². The summed E-state index contributed by atoms with van der Waals surface area (Å²) in [5.41, 5.74) is 7.86. The molecule has 2 aromatic heterocycles. The number of nitrogens with two attached hydrogens (primary N) is 1. The van der Waals surface area contributed by atoms with E-state index in [0.717, 1.165) is 16.3 Å². The fourth-order valence-corrected chi connectivity index (χ4v) is 2.86. The summed E-state index contributed by atoms with van der Waals surface area (Å²) < 4.78 is 1.68. The van der Waals surface area contributed by atoms with Gasteiger partial charge in [-0.15, -0.1) is 5.10 Å². The summed E-state index contributed by atoms with van der Waals surface area (Å²) in [5, 5.41) is 13.3. The minimum absolute atomic E-state index is 0.0951. The smallest absolute Gasteiger partial charge is 0.220 e. The fraction of sp³-hybridized carbons (Fsp3) is 0.143. The summed E-state index contributed by atoms with van der Waals surface area (Å²) in [4.78, 5) is 4.38. The SMILES string of the molecule is C[C@H](N)c1cccnc1Sc1nnnn1-c1ccccc1. The van der Waals surface area contributed by atoms with Gasteiger partial charge in [-0.3, -0.25) is 0 Å². The third kappa shape index (κ3) is 2.93. The molecule has 2 heterocycles. The van der Waals surface area contributed by atoms with E-state index in [2.05, 4.69) is 20.5 Å². The van der Waals surface area contributed by atoms with Crippen molar-refractivity contribution in [3.63, 3.8) is 0 Å². The lowest BCUT2D eigenvalue weighted by Gasteiger charge is -2.10. The first-order valence-corrected chi connectivity index (χ1v) is 7.29. The van der Waals surface area contributed by atoms with Crippen molar-refractivity contribution in [2.45, 2.75) is 23.1 Å². The van der Waals surface area contributed by atoms with Crippen LogP contribution in [0.5, 0.6) is 0 Å². The molecule has 1 atom stereocenters. The van der Waals surface area contributed by atoms with E-state index in [0.29, 0.717) is 5.16 Å². The van der Waals surface area contributed by atoms with Crippen LogP contribution in [0.25, 0.3) is 5.69 Å². The van der Waals surface area contributed by atoms with Crippen molar-refractivity contribution in [3.8, 4) is 5.69 Å². The maximum Gasteiger partial charge on any atom is 0.220 e. The van der Waals surface area contributed by atoms with E-state index >= 15 is 0 Å². The highest BCUT2D eigenvalue weighted by Gasteiger charge is 2.14. The Morgan fingerprint density at radius 2 is 1.95 bits per heavy atom. The quantitative estimate of drug-likeness (QED) is 0.795. The molecule has 0 spiro atoms. The molecule has 3 rings (SSSR count). The van der Waals surface area contributed by atoms with Gasteiger partial charge in [-0.25, -0.2) is 4.98 Å². The summed E-state index contributed by atoms with van der Waals surface area (Å²) >= 11 is 1.41. The van der Waals surface area contributed by atoms with Crippen molar-refractivity contribution >= 4 is 11.8 Å². The van der Waals surface area contributed by atoms with Gasteiger partial charge in [0.05, 0.1) is 5.69 Å². The second-order valence-electron chi connectivity index (χ2n) is 4.50. The minimum atomic E-state index is -0.0951. The molecular weight excluding hydrogens is 284 g/mol. The molecule has 21 heavy (non-hydrogen) atoms. The largest absolute Gasteiger partial charge is 0.324 e. The maximum absolute atomic E-state index is 5.98. The van der Waals surface area contributed by atoms with Gasteiger partial charge in [0.1, 0.15) is 5.03 Å². The first-order valence-electron chi connectivity index (χ1n) is 6.48. The van der Waals surface area contributed by atoms with Crippen molar-refractivity contribution in [2.24, 2.45) is 5.73 Å². The Labute approximate surface area is 126 Å². The Hall–Kier alpha value is -2.25. The number of nitrogens with zero attached hydrogens (tertiary/aromatic N) is 5. The predicted molar refractivity (Wildman–Crippen MR) is 80.1 cm³/mol. The zero-order chi connectivity index (χ0) is 14.7. The minimum Gasteiger partial charge on any atom is -0.324 e. The molecule has 7 heteroatoms. The number of rotatable bonds is 4. The predicted octanol–water partition coefficient (Wildman–Crippen LogP) is 2.23. The number of hydrogen-bond donors (Lipinski definition) is 1. The van der Waals surface area contributed by atoms with Crippen LogP contribution in [0.15, 0.2) is 58.8 Å². The third-order valence-corrected chi connectivity index (χ3v) is 3.89. The van der Waals surface area contributed by atoms with Gasteiger partial charge >= 0.3 is 0 Å². The molecule has 2 N–H and O–H groups in total. The lowest BCUT2D eigenvalue weighted by Crippen LogP contribution is -2.07. The van der Waals surface area contributed by atoms with Gasteiger partial charge in [0.15, 0.2) is 0 Å². The molecule has 6 nitrogen and oxygen atoms in total. The van der Waals surface area contributed by atoms with Crippen molar-refractivity contribution in [1.82, 2.24) is 25.2 Å². The van der Waals surface area contributed by atoms with Crippen LogP contribution in [0.2, 0.25) is 0 Å². The Morgan fingerprint density at radius 1 is 1.14 bits per heavy atom. The Kier molecular flexibility index (Phi) is 3.94. The van der Waals surface area contributed by atoms with E-state index in [9.17, 15) is 0 Å². The van der Waals surface area contributed by atoms with Crippen molar-refractivity contribution < 1.29 is 0 Å².